The third kappa shape index (κ3) is 5.64. The molecule has 0 saturated heterocycles. The van der Waals surface area contributed by atoms with Gasteiger partial charge in [-0.1, -0.05) is 59.8 Å². The lowest BCUT2D eigenvalue weighted by molar-refractivity contribution is -0.118. The lowest BCUT2D eigenvalue weighted by atomic mass is 10.1. The van der Waals surface area contributed by atoms with Gasteiger partial charge in [0.25, 0.3) is 0 Å². The Bertz CT molecular complexity index is 1010. The summed E-state index contributed by atoms with van der Waals surface area (Å²) in [5.74, 6) is 1.45. The predicted molar refractivity (Wildman–Crippen MR) is 121 cm³/mol. The van der Waals surface area contributed by atoms with Gasteiger partial charge in [0, 0.05) is 18.1 Å². The molecule has 0 atom stereocenters. The standard InChI is InChI=1S/C22H23ClN4O2S/c1-3-13-27-21(18-14-17(23)9-10-19(18)29-2)25-26-22(27)30-15-20(28)24-12-11-16-7-5-4-6-8-16/h3-10,14H,1,11-13,15H2,2H3,(H,24,28). The fourth-order valence-corrected chi connectivity index (χ4v) is 3.87. The van der Waals surface area contributed by atoms with Crippen LogP contribution in [0.5, 0.6) is 5.75 Å². The summed E-state index contributed by atoms with van der Waals surface area (Å²) in [6.45, 7) is 4.90. The number of allylic oxidation sites excluding steroid dienone is 1. The number of hydrogen-bond donors (Lipinski definition) is 1. The first-order valence-electron chi connectivity index (χ1n) is 9.43. The van der Waals surface area contributed by atoms with E-state index < -0.39 is 0 Å². The quantitative estimate of drug-likeness (QED) is 0.375. The minimum atomic E-state index is -0.0500. The number of carbonyl (C=O) groups excluding carboxylic acids is 1. The molecule has 156 valence electrons. The third-order valence-electron chi connectivity index (χ3n) is 4.34. The average Bonchev–Trinajstić information content (AvgIpc) is 3.15. The minimum absolute atomic E-state index is 0.0500. The van der Waals surface area contributed by atoms with Gasteiger partial charge in [0.1, 0.15) is 5.75 Å². The number of hydrogen-bond acceptors (Lipinski definition) is 5. The van der Waals surface area contributed by atoms with Crippen LogP contribution in [0.2, 0.25) is 5.02 Å². The summed E-state index contributed by atoms with van der Waals surface area (Å²) >= 11 is 7.49. The molecule has 0 unspecified atom stereocenters. The molecule has 0 bridgehead atoms. The van der Waals surface area contributed by atoms with Crippen molar-refractivity contribution < 1.29 is 9.53 Å². The van der Waals surface area contributed by atoms with Crippen molar-refractivity contribution in [3.63, 3.8) is 0 Å². The Morgan fingerprint density at radius 2 is 2.07 bits per heavy atom. The van der Waals surface area contributed by atoms with Gasteiger partial charge in [0.2, 0.25) is 5.91 Å². The Balaban J connectivity index is 1.66. The van der Waals surface area contributed by atoms with E-state index in [1.807, 2.05) is 34.9 Å². The Morgan fingerprint density at radius 1 is 1.27 bits per heavy atom. The van der Waals surface area contributed by atoms with Gasteiger partial charge in [-0.15, -0.1) is 16.8 Å². The molecule has 1 heterocycles. The first-order chi connectivity index (χ1) is 14.6. The van der Waals surface area contributed by atoms with E-state index in [0.717, 1.165) is 12.0 Å². The number of nitrogens with one attached hydrogen (secondary N) is 1. The number of ether oxygens (including phenoxy) is 1. The van der Waals surface area contributed by atoms with E-state index in [0.29, 0.717) is 34.8 Å². The summed E-state index contributed by atoms with van der Waals surface area (Å²) in [6, 6.07) is 15.4. The molecule has 0 aliphatic rings. The van der Waals surface area contributed by atoms with E-state index in [2.05, 4.69) is 22.1 Å². The number of benzene rings is 2. The average molecular weight is 443 g/mol. The number of rotatable bonds is 10. The van der Waals surface area contributed by atoms with Gasteiger partial charge in [0.15, 0.2) is 11.0 Å². The van der Waals surface area contributed by atoms with Crippen molar-refractivity contribution in [2.24, 2.45) is 0 Å². The molecule has 0 fully saturated rings. The lowest BCUT2D eigenvalue weighted by Crippen LogP contribution is -2.27. The molecule has 0 aliphatic carbocycles. The molecule has 1 N–H and O–H groups in total. The zero-order valence-electron chi connectivity index (χ0n) is 16.7. The van der Waals surface area contributed by atoms with E-state index in [1.165, 1.54) is 17.3 Å². The Hall–Kier alpha value is -2.77. The molecule has 0 aliphatic heterocycles. The van der Waals surface area contributed by atoms with Gasteiger partial charge in [-0.2, -0.15) is 0 Å². The third-order valence-corrected chi connectivity index (χ3v) is 5.54. The fraction of sp³-hybridized carbons (Fsp3) is 0.227. The van der Waals surface area contributed by atoms with Crippen LogP contribution < -0.4 is 10.1 Å². The van der Waals surface area contributed by atoms with Crippen LogP contribution in [0.25, 0.3) is 11.4 Å². The van der Waals surface area contributed by atoms with E-state index in [4.69, 9.17) is 16.3 Å². The monoisotopic (exact) mass is 442 g/mol. The Labute approximate surface area is 185 Å². The molecule has 6 nitrogen and oxygen atoms in total. The van der Waals surface area contributed by atoms with Crippen LogP contribution in [0.3, 0.4) is 0 Å². The smallest absolute Gasteiger partial charge is 0.230 e. The summed E-state index contributed by atoms with van der Waals surface area (Å²) in [5.41, 5.74) is 1.93. The molecule has 0 saturated carbocycles. The SMILES string of the molecule is C=CCn1c(SCC(=O)NCCc2ccccc2)nnc1-c1cc(Cl)ccc1OC. The highest BCUT2D eigenvalue weighted by molar-refractivity contribution is 7.99. The van der Waals surface area contributed by atoms with E-state index in [-0.39, 0.29) is 11.7 Å². The summed E-state index contributed by atoms with van der Waals surface area (Å²) in [7, 11) is 1.59. The summed E-state index contributed by atoms with van der Waals surface area (Å²) in [4.78, 5) is 12.3. The van der Waals surface area contributed by atoms with Gasteiger partial charge >= 0.3 is 0 Å². The molecule has 3 rings (SSSR count). The van der Waals surface area contributed by atoms with Crippen LogP contribution >= 0.6 is 23.4 Å². The summed E-state index contributed by atoms with van der Waals surface area (Å²) in [5, 5.41) is 12.7. The number of aromatic nitrogens is 3. The maximum atomic E-state index is 12.3. The maximum Gasteiger partial charge on any atom is 0.230 e. The molecule has 3 aromatic rings. The lowest BCUT2D eigenvalue weighted by Gasteiger charge is -2.11. The van der Waals surface area contributed by atoms with Gasteiger partial charge in [0.05, 0.1) is 18.4 Å². The number of nitrogens with zero attached hydrogens (tertiary/aromatic N) is 3. The van der Waals surface area contributed by atoms with Crippen molar-refractivity contribution in [3.05, 3.63) is 71.8 Å². The number of amides is 1. The number of methoxy groups -OCH3 is 1. The summed E-state index contributed by atoms with van der Waals surface area (Å²) < 4.78 is 7.33. The number of thioether (sulfide) groups is 1. The van der Waals surface area contributed by atoms with Gasteiger partial charge < -0.3 is 10.1 Å². The van der Waals surface area contributed by atoms with Crippen LogP contribution in [0, 0.1) is 0 Å². The zero-order valence-corrected chi connectivity index (χ0v) is 18.2. The van der Waals surface area contributed by atoms with E-state index >= 15 is 0 Å². The van der Waals surface area contributed by atoms with Crippen LogP contribution in [-0.4, -0.2) is 40.1 Å². The topological polar surface area (TPSA) is 69.0 Å². The second-order valence-corrected chi connectivity index (χ2v) is 7.80. The van der Waals surface area contributed by atoms with Crippen molar-refractivity contribution in [2.75, 3.05) is 19.4 Å². The molecule has 0 spiro atoms. The van der Waals surface area contributed by atoms with Crippen LogP contribution in [0.1, 0.15) is 5.56 Å². The van der Waals surface area contributed by atoms with Gasteiger partial charge in [-0.05, 0) is 30.2 Å². The predicted octanol–water partition coefficient (Wildman–Crippen LogP) is 4.24. The molecule has 0 radical (unpaired) electrons. The number of halogens is 1. The largest absolute Gasteiger partial charge is 0.496 e. The van der Waals surface area contributed by atoms with Crippen molar-refractivity contribution in [3.8, 4) is 17.1 Å². The molecular formula is C22H23ClN4O2S. The van der Waals surface area contributed by atoms with Crippen molar-refractivity contribution in [2.45, 2.75) is 18.1 Å². The summed E-state index contributed by atoms with van der Waals surface area (Å²) in [6.07, 6.45) is 2.55. The molecular weight excluding hydrogens is 420 g/mol. The maximum absolute atomic E-state index is 12.3. The van der Waals surface area contributed by atoms with Gasteiger partial charge in [-0.25, -0.2) is 0 Å². The van der Waals surface area contributed by atoms with E-state index in [1.54, 1.807) is 31.4 Å². The van der Waals surface area contributed by atoms with Crippen LogP contribution in [-0.2, 0) is 17.8 Å². The first kappa shape index (κ1) is 21.9. The van der Waals surface area contributed by atoms with Crippen molar-refractivity contribution >= 4 is 29.3 Å². The van der Waals surface area contributed by atoms with Crippen LogP contribution in [0.4, 0.5) is 0 Å². The Kier molecular flexibility index (Phi) is 7.93. The molecule has 30 heavy (non-hydrogen) atoms. The molecule has 1 aromatic heterocycles. The highest BCUT2D eigenvalue weighted by Gasteiger charge is 2.18. The normalized spacial score (nSPS) is 10.6. The molecule has 2 aromatic carbocycles. The highest BCUT2D eigenvalue weighted by Crippen LogP contribution is 2.33. The molecule has 8 heteroatoms. The minimum Gasteiger partial charge on any atom is -0.496 e. The Morgan fingerprint density at radius 3 is 2.80 bits per heavy atom. The van der Waals surface area contributed by atoms with E-state index in [9.17, 15) is 4.79 Å². The second kappa shape index (κ2) is 10.8. The fourth-order valence-electron chi connectivity index (χ4n) is 2.92. The van der Waals surface area contributed by atoms with Crippen molar-refractivity contribution in [1.29, 1.82) is 0 Å². The molecule has 1 amide bonds. The van der Waals surface area contributed by atoms with Crippen LogP contribution in [0.15, 0.2) is 66.3 Å². The van der Waals surface area contributed by atoms with Gasteiger partial charge in [-0.3, -0.25) is 9.36 Å². The zero-order chi connectivity index (χ0) is 21.3. The van der Waals surface area contributed by atoms with Crippen molar-refractivity contribution in [1.82, 2.24) is 20.1 Å². The first-order valence-corrected chi connectivity index (χ1v) is 10.8. The second-order valence-electron chi connectivity index (χ2n) is 6.42. The highest BCUT2D eigenvalue weighted by atomic mass is 35.5. The number of carbonyl (C=O) groups is 1.